The number of carbonyl (C=O) groups is 1. The molecule has 1 amide bonds. The monoisotopic (exact) mass is 358 g/mol. The molecule has 2 N–H and O–H groups in total. The number of nitrogens with one attached hydrogen (secondary N) is 2. The molecule has 26 heavy (non-hydrogen) atoms. The Labute approximate surface area is 152 Å². The molecule has 2 aromatic rings. The second kappa shape index (κ2) is 7.63. The van der Waals surface area contributed by atoms with Gasteiger partial charge in [0.1, 0.15) is 6.04 Å². The van der Waals surface area contributed by atoms with Crippen molar-refractivity contribution in [3.05, 3.63) is 34.7 Å². The number of benzene rings is 1. The van der Waals surface area contributed by atoms with E-state index in [0.29, 0.717) is 26.3 Å². The highest BCUT2D eigenvalue weighted by Crippen LogP contribution is 2.28. The molecule has 7 heteroatoms. The predicted molar refractivity (Wildman–Crippen MR) is 99.1 cm³/mol. The molecule has 1 saturated heterocycles. The van der Waals surface area contributed by atoms with Crippen molar-refractivity contribution in [1.82, 2.24) is 19.8 Å². The van der Waals surface area contributed by atoms with Crippen LogP contribution in [0.3, 0.4) is 0 Å². The van der Waals surface area contributed by atoms with Gasteiger partial charge in [0.15, 0.2) is 0 Å². The number of imidazole rings is 1. The number of morpholine rings is 1. The van der Waals surface area contributed by atoms with Crippen molar-refractivity contribution in [1.29, 1.82) is 0 Å². The quantitative estimate of drug-likeness (QED) is 0.806. The van der Waals surface area contributed by atoms with Crippen LogP contribution in [0.5, 0.6) is 0 Å². The second-order valence-electron chi connectivity index (χ2n) is 7.27. The van der Waals surface area contributed by atoms with Crippen LogP contribution in [-0.4, -0.2) is 59.2 Å². The van der Waals surface area contributed by atoms with Gasteiger partial charge in [-0.25, -0.2) is 4.79 Å². The van der Waals surface area contributed by atoms with E-state index in [0.717, 1.165) is 30.0 Å². The Kier molecular flexibility index (Phi) is 5.08. The van der Waals surface area contributed by atoms with E-state index in [9.17, 15) is 9.59 Å². The Morgan fingerprint density at radius 2 is 2.15 bits per heavy atom. The maximum absolute atomic E-state index is 12.6. The third-order valence-electron chi connectivity index (χ3n) is 5.58. The fourth-order valence-corrected chi connectivity index (χ4v) is 3.84. The first-order valence-corrected chi connectivity index (χ1v) is 9.49. The first-order valence-electron chi connectivity index (χ1n) is 9.49. The van der Waals surface area contributed by atoms with Gasteiger partial charge in [0.05, 0.1) is 24.2 Å². The number of para-hydroxylation sites is 2. The molecule has 1 aliphatic heterocycles. The van der Waals surface area contributed by atoms with Gasteiger partial charge in [-0.15, -0.1) is 0 Å². The van der Waals surface area contributed by atoms with Crippen LogP contribution < -0.4 is 11.0 Å². The fourth-order valence-electron chi connectivity index (χ4n) is 3.84. The zero-order chi connectivity index (χ0) is 17.9. The normalized spacial score (nSPS) is 21.6. The van der Waals surface area contributed by atoms with Gasteiger partial charge in [-0.2, -0.15) is 0 Å². The van der Waals surface area contributed by atoms with Crippen molar-refractivity contribution in [2.45, 2.75) is 31.8 Å². The van der Waals surface area contributed by atoms with Crippen LogP contribution in [0, 0.1) is 5.92 Å². The molecule has 0 bridgehead atoms. The highest BCUT2D eigenvalue weighted by molar-refractivity contribution is 5.82. The van der Waals surface area contributed by atoms with Crippen molar-refractivity contribution in [2.24, 2.45) is 5.92 Å². The first-order chi connectivity index (χ1) is 12.7. The van der Waals surface area contributed by atoms with E-state index in [2.05, 4.69) is 15.2 Å². The van der Waals surface area contributed by atoms with E-state index < -0.39 is 0 Å². The number of carbonyl (C=O) groups excluding carboxylic acids is 1. The van der Waals surface area contributed by atoms with Crippen molar-refractivity contribution < 1.29 is 9.53 Å². The maximum Gasteiger partial charge on any atom is 0.326 e. The molecule has 7 nitrogen and oxygen atoms in total. The standard InChI is InChI=1S/C19H26N4O3/c24-18(17-13-26-11-10-22(17)12-14-4-3-5-14)20-8-9-23-16-7-2-1-6-15(16)21-19(23)25/h1-2,6-7,14,17H,3-5,8-13H2,(H,20,24)(H,21,25). The number of amides is 1. The van der Waals surface area contributed by atoms with E-state index in [4.69, 9.17) is 4.74 Å². The number of aromatic nitrogens is 2. The first kappa shape index (κ1) is 17.3. The minimum atomic E-state index is -0.218. The molecule has 1 unspecified atom stereocenters. The lowest BCUT2D eigenvalue weighted by molar-refractivity contribution is -0.133. The molecule has 2 heterocycles. The Balaban J connectivity index is 1.35. The number of nitrogens with zero attached hydrogens (tertiary/aromatic N) is 2. The summed E-state index contributed by atoms with van der Waals surface area (Å²) in [6.07, 6.45) is 3.86. The Morgan fingerprint density at radius 1 is 1.31 bits per heavy atom. The molecule has 140 valence electrons. The van der Waals surface area contributed by atoms with Gasteiger partial charge < -0.3 is 15.0 Å². The number of H-pyrrole nitrogens is 1. The molecule has 1 saturated carbocycles. The number of ether oxygens (including phenoxy) is 1. The predicted octanol–water partition coefficient (Wildman–Crippen LogP) is 0.947. The number of hydrogen-bond donors (Lipinski definition) is 2. The summed E-state index contributed by atoms with van der Waals surface area (Å²) in [4.78, 5) is 29.8. The molecular weight excluding hydrogens is 332 g/mol. The number of fused-ring (bicyclic) bond motifs is 1. The third kappa shape index (κ3) is 3.54. The van der Waals surface area contributed by atoms with E-state index in [1.54, 1.807) is 4.57 Å². The summed E-state index contributed by atoms with van der Waals surface area (Å²) in [5.74, 6) is 0.727. The number of aromatic amines is 1. The van der Waals surface area contributed by atoms with Crippen LogP contribution in [0.4, 0.5) is 0 Å². The molecule has 1 aromatic carbocycles. The highest BCUT2D eigenvalue weighted by atomic mass is 16.5. The Bertz CT molecular complexity index is 824. The van der Waals surface area contributed by atoms with Gasteiger partial charge in [-0.1, -0.05) is 18.6 Å². The van der Waals surface area contributed by atoms with Crippen LogP contribution >= 0.6 is 0 Å². The molecule has 1 atom stereocenters. The summed E-state index contributed by atoms with van der Waals surface area (Å²) < 4.78 is 7.20. The number of rotatable bonds is 6. The van der Waals surface area contributed by atoms with Crippen molar-refractivity contribution in [2.75, 3.05) is 32.8 Å². The minimum Gasteiger partial charge on any atom is -0.378 e. The van der Waals surface area contributed by atoms with E-state index >= 15 is 0 Å². The summed E-state index contributed by atoms with van der Waals surface area (Å²) in [6, 6.07) is 7.37. The largest absolute Gasteiger partial charge is 0.378 e. The van der Waals surface area contributed by atoms with Crippen molar-refractivity contribution >= 4 is 16.9 Å². The van der Waals surface area contributed by atoms with Crippen molar-refractivity contribution in [3.63, 3.8) is 0 Å². The summed E-state index contributed by atoms with van der Waals surface area (Å²) in [5.41, 5.74) is 1.53. The lowest BCUT2D eigenvalue weighted by Crippen LogP contribution is -2.55. The maximum atomic E-state index is 12.6. The minimum absolute atomic E-state index is 0.00286. The molecule has 1 aliphatic carbocycles. The zero-order valence-electron chi connectivity index (χ0n) is 14.9. The van der Waals surface area contributed by atoms with E-state index in [1.165, 1.54) is 19.3 Å². The van der Waals surface area contributed by atoms with Gasteiger partial charge in [-0.3, -0.25) is 14.3 Å². The molecule has 1 aromatic heterocycles. The number of hydrogen-bond acceptors (Lipinski definition) is 4. The highest BCUT2D eigenvalue weighted by Gasteiger charge is 2.32. The molecule has 0 radical (unpaired) electrons. The van der Waals surface area contributed by atoms with E-state index in [1.807, 2.05) is 24.3 Å². The van der Waals surface area contributed by atoms with Crippen molar-refractivity contribution in [3.8, 4) is 0 Å². The third-order valence-corrected chi connectivity index (χ3v) is 5.58. The van der Waals surface area contributed by atoms with Gasteiger partial charge in [0.25, 0.3) is 0 Å². The average molecular weight is 358 g/mol. The lowest BCUT2D eigenvalue weighted by Gasteiger charge is -2.39. The van der Waals surface area contributed by atoms with Crippen LogP contribution in [-0.2, 0) is 16.1 Å². The molecule has 2 fully saturated rings. The summed E-state index contributed by atoms with van der Waals surface area (Å²) >= 11 is 0. The van der Waals surface area contributed by atoms with Crippen LogP contribution in [0.25, 0.3) is 11.0 Å². The van der Waals surface area contributed by atoms with Gasteiger partial charge in [0, 0.05) is 26.2 Å². The van der Waals surface area contributed by atoms with Crippen LogP contribution in [0.15, 0.2) is 29.1 Å². The molecule has 4 rings (SSSR count). The summed E-state index contributed by atoms with van der Waals surface area (Å²) in [6.45, 7) is 3.83. The summed E-state index contributed by atoms with van der Waals surface area (Å²) in [5, 5.41) is 2.99. The summed E-state index contributed by atoms with van der Waals surface area (Å²) in [7, 11) is 0. The van der Waals surface area contributed by atoms with Crippen LogP contribution in [0.1, 0.15) is 19.3 Å². The lowest BCUT2D eigenvalue weighted by atomic mass is 9.84. The topological polar surface area (TPSA) is 79.4 Å². The van der Waals surface area contributed by atoms with Gasteiger partial charge >= 0.3 is 5.69 Å². The average Bonchev–Trinajstić information content (AvgIpc) is 2.94. The van der Waals surface area contributed by atoms with Gasteiger partial charge in [-0.05, 0) is 30.9 Å². The van der Waals surface area contributed by atoms with Crippen LogP contribution in [0.2, 0.25) is 0 Å². The second-order valence-corrected chi connectivity index (χ2v) is 7.27. The molecule has 0 spiro atoms. The SMILES string of the molecule is O=C(NCCn1c(=O)[nH]c2ccccc21)C1COCCN1CC1CCC1. The molecular formula is C19H26N4O3. The van der Waals surface area contributed by atoms with Gasteiger partial charge in [0.2, 0.25) is 5.91 Å². The fraction of sp³-hybridized carbons (Fsp3) is 0.579. The zero-order valence-corrected chi connectivity index (χ0v) is 14.9. The molecule has 2 aliphatic rings. The smallest absolute Gasteiger partial charge is 0.326 e. The Hall–Kier alpha value is -2.12. The van der Waals surface area contributed by atoms with E-state index in [-0.39, 0.29) is 17.6 Å². The Morgan fingerprint density at radius 3 is 2.96 bits per heavy atom.